The summed E-state index contributed by atoms with van der Waals surface area (Å²) in [7, 11) is 0. The molecule has 0 unspecified atom stereocenters. The topological polar surface area (TPSA) is 42.7 Å². The van der Waals surface area contributed by atoms with Crippen molar-refractivity contribution in [3.8, 4) is 5.69 Å². The molecule has 0 spiro atoms. The Balaban J connectivity index is 0.00000192. The Hall–Kier alpha value is -1.88. The minimum atomic E-state index is -0.261. The molecular weight excluding hydrogens is 391 g/mol. The minimum Gasteiger partial charge on any atom is -0.306 e. The standard InChI is InChI=1S/C22H23ClN4.ClH/c23-22(10-8-17(9-11-22)16-4-2-1-3-5-16)19-6-7-20-18(12-19)13-24-14-21-26-25-15-27(20)21;/h1-7,12,15,17,24H,8-11,13-14H2;1H. The average molecular weight is 415 g/mol. The number of fused-ring (bicyclic) bond motifs is 3. The zero-order chi connectivity index (χ0) is 18.3. The highest BCUT2D eigenvalue weighted by Crippen LogP contribution is 2.48. The van der Waals surface area contributed by atoms with Crippen LogP contribution >= 0.6 is 24.0 Å². The van der Waals surface area contributed by atoms with Gasteiger partial charge in [0.15, 0.2) is 5.82 Å². The summed E-state index contributed by atoms with van der Waals surface area (Å²) >= 11 is 7.16. The lowest BCUT2D eigenvalue weighted by Crippen LogP contribution is -2.26. The summed E-state index contributed by atoms with van der Waals surface area (Å²) in [6.07, 6.45) is 6.09. The van der Waals surface area contributed by atoms with Crippen molar-refractivity contribution in [2.75, 3.05) is 0 Å². The van der Waals surface area contributed by atoms with Gasteiger partial charge in [0.2, 0.25) is 0 Å². The number of hydrogen-bond donors (Lipinski definition) is 1. The van der Waals surface area contributed by atoms with E-state index < -0.39 is 0 Å². The second-order valence-electron chi connectivity index (χ2n) is 7.71. The van der Waals surface area contributed by atoms with Crippen LogP contribution in [0.15, 0.2) is 54.9 Å². The predicted molar refractivity (Wildman–Crippen MR) is 114 cm³/mol. The van der Waals surface area contributed by atoms with Gasteiger partial charge in [0.1, 0.15) is 6.33 Å². The van der Waals surface area contributed by atoms with Crippen LogP contribution in [0.5, 0.6) is 0 Å². The van der Waals surface area contributed by atoms with Crippen LogP contribution in [0.25, 0.3) is 5.69 Å². The van der Waals surface area contributed by atoms with E-state index in [2.05, 4.69) is 68.6 Å². The molecule has 146 valence electrons. The molecule has 4 nitrogen and oxygen atoms in total. The van der Waals surface area contributed by atoms with Crippen molar-refractivity contribution in [2.45, 2.75) is 49.6 Å². The van der Waals surface area contributed by atoms with Gasteiger partial charge in [-0.25, -0.2) is 0 Å². The van der Waals surface area contributed by atoms with E-state index in [1.54, 1.807) is 6.33 Å². The van der Waals surface area contributed by atoms with Crippen molar-refractivity contribution >= 4 is 24.0 Å². The third kappa shape index (κ3) is 3.45. The molecule has 3 aromatic rings. The number of rotatable bonds is 2. The molecule has 1 aromatic heterocycles. The molecule has 0 amide bonds. The molecule has 1 N–H and O–H groups in total. The fourth-order valence-electron chi connectivity index (χ4n) is 4.55. The Morgan fingerprint density at radius 1 is 1.04 bits per heavy atom. The highest BCUT2D eigenvalue weighted by Gasteiger charge is 2.36. The third-order valence-electron chi connectivity index (χ3n) is 6.12. The number of aromatic nitrogens is 3. The predicted octanol–water partition coefficient (Wildman–Crippen LogP) is 5.08. The first-order chi connectivity index (χ1) is 13.2. The number of hydrogen-bond acceptors (Lipinski definition) is 3. The van der Waals surface area contributed by atoms with E-state index in [1.165, 1.54) is 16.7 Å². The van der Waals surface area contributed by atoms with Crippen molar-refractivity contribution in [1.82, 2.24) is 20.1 Å². The van der Waals surface area contributed by atoms with Gasteiger partial charge in [0.05, 0.1) is 17.1 Å². The van der Waals surface area contributed by atoms with Crippen LogP contribution in [0.2, 0.25) is 0 Å². The van der Waals surface area contributed by atoms with Gasteiger partial charge in [-0.1, -0.05) is 42.5 Å². The van der Waals surface area contributed by atoms with Gasteiger partial charge in [-0.05, 0) is 54.4 Å². The number of nitrogens with zero attached hydrogens (tertiary/aromatic N) is 3. The molecule has 0 bridgehead atoms. The maximum Gasteiger partial charge on any atom is 0.151 e. The van der Waals surface area contributed by atoms with Crippen LogP contribution < -0.4 is 5.32 Å². The van der Waals surface area contributed by atoms with Gasteiger partial charge in [-0.15, -0.1) is 34.2 Å². The van der Waals surface area contributed by atoms with E-state index in [0.29, 0.717) is 5.92 Å². The zero-order valence-corrected chi connectivity index (χ0v) is 17.2. The monoisotopic (exact) mass is 414 g/mol. The first-order valence-electron chi connectivity index (χ1n) is 9.70. The van der Waals surface area contributed by atoms with Crippen LogP contribution in [0, 0.1) is 0 Å². The molecule has 0 radical (unpaired) electrons. The lowest BCUT2D eigenvalue weighted by molar-refractivity contribution is 0.359. The highest BCUT2D eigenvalue weighted by atomic mass is 35.5. The Morgan fingerprint density at radius 3 is 2.61 bits per heavy atom. The smallest absolute Gasteiger partial charge is 0.151 e. The van der Waals surface area contributed by atoms with Crippen LogP contribution in [0.4, 0.5) is 0 Å². The van der Waals surface area contributed by atoms with Gasteiger partial charge < -0.3 is 5.32 Å². The molecule has 0 atom stereocenters. The van der Waals surface area contributed by atoms with Gasteiger partial charge >= 0.3 is 0 Å². The molecule has 1 saturated carbocycles. The second kappa shape index (κ2) is 7.86. The number of benzene rings is 2. The molecule has 1 fully saturated rings. The molecule has 5 rings (SSSR count). The van der Waals surface area contributed by atoms with Crippen LogP contribution in [0.3, 0.4) is 0 Å². The fraction of sp³-hybridized carbons (Fsp3) is 0.364. The summed E-state index contributed by atoms with van der Waals surface area (Å²) < 4.78 is 2.08. The fourth-order valence-corrected chi connectivity index (χ4v) is 4.89. The SMILES string of the molecule is Cl.ClC1(c2ccc3c(c2)CNCc2nncn2-3)CCC(c2ccccc2)CC1. The van der Waals surface area contributed by atoms with E-state index in [1.807, 2.05) is 0 Å². The van der Waals surface area contributed by atoms with Crippen molar-refractivity contribution in [3.63, 3.8) is 0 Å². The third-order valence-corrected chi connectivity index (χ3v) is 6.72. The first kappa shape index (κ1) is 19.4. The minimum absolute atomic E-state index is 0. The molecule has 2 heterocycles. The summed E-state index contributed by atoms with van der Waals surface area (Å²) in [5.74, 6) is 1.57. The summed E-state index contributed by atoms with van der Waals surface area (Å²) in [4.78, 5) is -0.261. The first-order valence-corrected chi connectivity index (χ1v) is 10.1. The Bertz CT molecular complexity index is 946. The molecule has 1 aliphatic carbocycles. The van der Waals surface area contributed by atoms with Crippen LogP contribution in [0.1, 0.15) is 54.1 Å². The van der Waals surface area contributed by atoms with Crippen LogP contribution in [-0.4, -0.2) is 14.8 Å². The summed E-state index contributed by atoms with van der Waals surface area (Å²) in [6, 6.07) is 17.5. The summed E-state index contributed by atoms with van der Waals surface area (Å²) in [5, 5.41) is 11.7. The van der Waals surface area contributed by atoms with Crippen molar-refractivity contribution in [1.29, 1.82) is 0 Å². The van der Waals surface area contributed by atoms with Gasteiger partial charge in [-0.3, -0.25) is 4.57 Å². The molecule has 2 aromatic carbocycles. The lowest BCUT2D eigenvalue weighted by Gasteiger charge is -2.36. The largest absolute Gasteiger partial charge is 0.306 e. The van der Waals surface area contributed by atoms with E-state index in [0.717, 1.165) is 50.3 Å². The molecular formula is C22H24Cl2N4. The molecule has 1 aliphatic heterocycles. The number of nitrogens with one attached hydrogen (secondary N) is 1. The zero-order valence-electron chi connectivity index (χ0n) is 15.6. The van der Waals surface area contributed by atoms with E-state index in [4.69, 9.17) is 11.6 Å². The summed E-state index contributed by atoms with van der Waals surface area (Å²) in [6.45, 7) is 1.56. The highest BCUT2D eigenvalue weighted by molar-refractivity contribution is 6.24. The molecule has 0 saturated heterocycles. The normalized spacial score (nSPS) is 23.8. The number of halogens is 2. The van der Waals surface area contributed by atoms with E-state index in [9.17, 15) is 0 Å². The quantitative estimate of drug-likeness (QED) is 0.594. The Labute approximate surface area is 176 Å². The Morgan fingerprint density at radius 2 is 1.82 bits per heavy atom. The number of alkyl halides is 1. The van der Waals surface area contributed by atoms with Gasteiger partial charge in [0, 0.05) is 6.54 Å². The van der Waals surface area contributed by atoms with Gasteiger partial charge in [0.25, 0.3) is 0 Å². The van der Waals surface area contributed by atoms with Gasteiger partial charge in [-0.2, -0.15) is 0 Å². The lowest BCUT2D eigenvalue weighted by atomic mass is 9.75. The van der Waals surface area contributed by atoms with Crippen molar-refractivity contribution in [3.05, 3.63) is 77.4 Å². The van der Waals surface area contributed by atoms with E-state index in [-0.39, 0.29) is 17.3 Å². The second-order valence-corrected chi connectivity index (χ2v) is 8.44. The summed E-state index contributed by atoms with van der Waals surface area (Å²) in [5.41, 5.74) is 5.11. The maximum absolute atomic E-state index is 7.16. The van der Waals surface area contributed by atoms with Crippen molar-refractivity contribution < 1.29 is 0 Å². The molecule has 2 aliphatic rings. The van der Waals surface area contributed by atoms with E-state index >= 15 is 0 Å². The average Bonchev–Trinajstić information content (AvgIpc) is 3.10. The molecule has 6 heteroatoms. The maximum atomic E-state index is 7.16. The van der Waals surface area contributed by atoms with Crippen molar-refractivity contribution in [2.24, 2.45) is 0 Å². The Kier molecular flexibility index (Phi) is 5.46. The molecule has 28 heavy (non-hydrogen) atoms. The van der Waals surface area contributed by atoms with Crippen LogP contribution in [-0.2, 0) is 18.0 Å².